The van der Waals surface area contributed by atoms with Crippen LogP contribution in [-0.4, -0.2) is 36.3 Å². The van der Waals surface area contributed by atoms with Gasteiger partial charge in [-0.3, -0.25) is 0 Å². The Balaban J connectivity index is 2.08. The van der Waals surface area contributed by atoms with Crippen LogP contribution in [0.4, 0.5) is 5.82 Å². The summed E-state index contributed by atoms with van der Waals surface area (Å²) in [6, 6.07) is 2.66. The third kappa shape index (κ3) is 4.17. The standard InChI is InChI=1S/C17H29N3O/c1-12-9-14(11-19-17(3,4)5)10-18-16(12)20(6)15-7-8-21-13(15)2/h9-10,13,15,19H,7-8,11H2,1-6H3. The summed E-state index contributed by atoms with van der Waals surface area (Å²) < 4.78 is 5.67. The molecule has 2 rings (SSSR count). The Kier molecular flexibility index (Phi) is 4.89. The summed E-state index contributed by atoms with van der Waals surface area (Å²) in [7, 11) is 2.12. The summed E-state index contributed by atoms with van der Waals surface area (Å²) in [5, 5.41) is 3.50. The van der Waals surface area contributed by atoms with Gasteiger partial charge in [0.15, 0.2) is 0 Å². The van der Waals surface area contributed by atoms with E-state index in [9.17, 15) is 0 Å². The Morgan fingerprint density at radius 2 is 2.14 bits per heavy atom. The number of anilines is 1. The molecule has 0 saturated carbocycles. The van der Waals surface area contributed by atoms with Crippen molar-refractivity contribution < 1.29 is 4.74 Å². The molecule has 2 heterocycles. The van der Waals surface area contributed by atoms with Crippen LogP contribution >= 0.6 is 0 Å². The average Bonchev–Trinajstić information content (AvgIpc) is 2.81. The third-order valence-electron chi connectivity index (χ3n) is 4.10. The van der Waals surface area contributed by atoms with Crippen LogP contribution in [0.2, 0.25) is 0 Å². The lowest BCUT2D eigenvalue weighted by Gasteiger charge is -2.29. The number of hydrogen-bond donors (Lipinski definition) is 1. The quantitative estimate of drug-likeness (QED) is 0.925. The van der Waals surface area contributed by atoms with Crippen molar-refractivity contribution in [1.82, 2.24) is 10.3 Å². The van der Waals surface area contributed by atoms with Crippen molar-refractivity contribution in [3.05, 3.63) is 23.4 Å². The molecule has 1 aromatic rings. The minimum Gasteiger partial charge on any atom is -0.376 e. The lowest BCUT2D eigenvalue weighted by atomic mass is 10.1. The second kappa shape index (κ2) is 6.32. The van der Waals surface area contributed by atoms with Crippen molar-refractivity contribution >= 4 is 5.82 Å². The molecule has 1 aliphatic rings. The molecule has 0 spiro atoms. The molecule has 1 aliphatic heterocycles. The molecular weight excluding hydrogens is 262 g/mol. The van der Waals surface area contributed by atoms with E-state index in [1.54, 1.807) is 0 Å². The smallest absolute Gasteiger partial charge is 0.131 e. The van der Waals surface area contributed by atoms with Gasteiger partial charge >= 0.3 is 0 Å². The molecule has 118 valence electrons. The van der Waals surface area contributed by atoms with Crippen molar-refractivity contribution in [3.8, 4) is 0 Å². The number of aryl methyl sites for hydroxylation is 1. The van der Waals surface area contributed by atoms with Gasteiger partial charge in [-0.05, 0) is 58.2 Å². The van der Waals surface area contributed by atoms with Gasteiger partial charge in [-0.2, -0.15) is 0 Å². The molecule has 1 saturated heterocycles. The first-order valence-electron chi connectivity index (χ1n) is 7.83. The largest absolute Gasteiger partial charge is 0.376 e. The molecule has 0 radical (unpaired) electrons. The second-order valence-electron chi connectivity index (χ2n) is 7.13. The topological polar surface area (TPSA) is 37.4 Å². The fourth-order valence-electron chi connectivity index (χ4n) is 2.84. The number of nitrogens with zero attached hydrogens (tertiary/aromatic N) is 2. The molecule has 1 aromatic heterocycles. The first kappa shape index (κ1) is 16.2. The van der Waals surface area contributed by atoms with Gasteiger partial charge in [0.2, 0.25) is 0 Å². The van der Waals surface area contributed by atoms with E-state index in [4.69, 9.17) is 4.74 Å². The van der Waals surface area contributed by atoms with Crippen molar-refractivity contribution in [1.29, 1.82) is 0 Å². The highest BCUT2D eigenvalue weighted by molar-refractivity contribution is 5.48. The predicted octanol–water partition coefficient (Wildman–Crippen LogP) is 2.89. The lowest BCUT2D eigenvalue weighted by Crippen LogP contribution is -2.38. The van der Waals surface area contributed by atoms with Crippen LogP contribution in [0.15, 0.2) is 12.3 Å². The summed E-state index contributed by atoms with van der Waals surface area (Å²) in [5.41, 5.74) is 2.58. The molecule has 4 heteroatoms. The van der Waals surface area contributed by atoms with Gasteiger partial charge < -0.3 is 15.0 Å². The van der Waals surface area contributed by atoms with Gasteiger partial charge in [0, 0.05) is 31.9 Å². The lowest BCUT2D eigenvalue weighted by molar-refractivity contribution is 0.118. The second-order valence-corrected chi connectivity index (χ2v) is 7.13. The van der Waals surface area contributed by atoms with Crippen LogP contribution in [0.5, 0.6) is 0 Å². The van der Waals surface area contributed by atoms with E-state index >= 15 is 0 Å². The monoisotopic (exact) mass is 291 g/mol. The fourth-order valence-corrected chi connectivity index (χ4v) is 2.84. The van der Waals surface area contributed by atoms with E-state index in [1.165, 1.54) is 11.1 Å². The predicted molar refractivity (Wildman–Crippen MR) is 87.8 cm³/mol. The van der Waals surface area contributed by atoms with Crippen molar-refractivity contribution in [2.24, 2.45) is 0 Å². The molecule has 0 bridgehead atoms. The highest BCUT2D eigenvalue weighted by Gasteiger charge is 2.29. The van der Waals surface area contributed by atoms with Crippen LogP contribution < -0.4 is 10.2 Å². The van der Waals surface area contributed by atoms with Crippen LogP contribution in [0.3, 0.4) is 0 Å². The Hall–Kier alpha value is -1.13. The first-order valence-corrected chi connectivity index (χ1v) is 7.83. The van der Waals surface area contributed by atoms with Gasteiger partial charge in [-0.1, -0.05) is 0 Å². The van der Waals surface area contributed by atoms with Crippen LogP contribution in [0.1, 0.15) is 45.2 Å². The maximum atomic E-state index is 5.67. The van der Waals surface area contributed by atoms with Crippen molar-refractivity contribution in [2.75, 3.05) is 18.6 Å². The number of hydrogen-bond acceptors (Lipinski definition) is 4. The number of aromatic nitrogens is 1. The third-order valence-corrected chi connectivity index (χ3v) is 4.10. The zero-order valence-electron chi connectivity index (χ0n) is 14.2. The number of nitrogens with one attached hydrogen (secondary N) is 1. The maximum Gasteiger partial charge on any atom is 0.131 e. The van der Waals surface area contributed by atoms with Crippen molar-refractivity contribution in [3.63, 3.8) is 0 Å². The number of pyridine rings is 1. The maximum absolute atomic E-state index is 5.67. The number of rotatable bonds is 4. The number of likely N-dealkylation sites (N-methyl/N-ethyl adjacent to an activating group) is 1. The highest BCUT2D eigenvalue weighted by Crippen LogP contribution is 2.25. The Bertz CT molecular complexity index is 481. The van der Waals surface area contributed by atoms with E-state index in [-0.39, 0.29) is 11.6 Å². The normalized spacial score (nSPS) is 22.6. The molecule has 4 nitrogen and oxygen atoms in total. The van der Waals surface area contributed by atoms with Gasteiger partial charge in [0.1, 0.15) is 5.82 Å². The summed E-state index contributed by atoms with van der Waals surface area (Å²) in [6.45, 7) is 12.5. The molecule has 1 N–H and O–H groups in total. The molecule has 2 atom stereocenters. The minimum absolute atomic E-state index is 0.125. The molecular formula is C17H29N3O. The van der Waals surface area contributed by atoms with Gasteiger partial charge in [0.05, 0.1) is 12.1 Å². The van der Waals surface area contributed by atoms with Crippen molar-refractivity contribution in [2.45, 2.75) is 65.3 Å². The van der Waals surface area contributed by atoms with Crippen LogP contribution in [0.25, 0.3) is 0 Å². The first-order chi connectivity index (χ1) is 9.78. The van der Waals surface area contributed by atoms with E-state index in [0.29, 0.717) is 6.04 Å². The Labute approximate surface area is 128 Å². The number of ether oxygens (including phenoxy) is 1. The SMILES string of the molecule is Cc1cc(CNC(C)(C)C)cnc1N(C)C1CCOC1C. The molecule has 0 aromatic carbocycles. The molecule has 1 fully saturated rings. The highest BCUT2D eigenvalue weighted by atomic mass is 16.5. The van der Waals surface area contributed by atoms with E-state index in [1.807, 2.05) is 6.20 Å². The molecule has 0 amide bonds. The summed E-state index contributed by atoms with van der Waals surface area (Å²) in [5.74, 6) is 1.07. The zero-order chi connectivity index (χ0) is 15.6. The molecule has 21 heavy (non-hydrogen) atoms. The zero-order valence-corrected chi connectivity index (χ0v) is 14.2. The van der Waals surface area contributed by atoms with Gasteiger partial charge in [-0.25, -0.2) is 4.98 Å². The van der Waals surface area contributed by atoms with Gasteiger partial charge in [-0.15, -0.1) is 0 Å². The Morgan fingerprint density at radius 3 is 2.67 bits per heavy atom. The molecule has 2 unspecified atom stereocenters. The van der Waals surface area contributed by atoms with E-state index < -0.39 is 0 Å². The molecule has 0 aliphatic carbocycles. The Morgan fingerprint density at radius 1 is 1.43 bits per heavy atom. The van der Waals surface area contributed by atoms with Gasteiger partial charge in [0.25, 0.3) is 0 Å². The summed E-state index contributed by atoms with van der Waals surface area (Å²) in [4.78, 5) is 6.96. The minimum atomic E-state index is 0.125. The van der Waals surface area contributed by atoms with Crippen LogP contribution in [0, 0.1) is 6.92 Å². The summed E-state index contributed by atoms with van der Waals surface area (Å²) >= 11 is 0. The van der Waals surface area contributed by atoms with Crippen LogP contribution in [-0.2, 0) is 11.3 Å². The fraction of sp³-hybridized carbons (Fsp3) is 0.706. The van der Waals surface area contributed by atoms with E-state index in [0.717, 1.165) is 25.4 Å². The van der Waals surface area contributed by atoms with E-state index in [2.05, 4.69) is 62.9 Å². The average molecular weight is 291 g/mol. The summed E-state index contributed by atoms with van der Waals surface area (Å²) in [6.07, 6.45) is 3.34.